The van der Waals surface area contributed by atoms with E-state index in [1.165, 1.54) is 0 Å². The van der Waals surface area contributed by atoms with Crippen molar-refractivity contribution in [1.29, 1.82) is 0 Å². The van der Waals surface area contributed by atoms with Crippen LogP contribution in [0.4, 0.5) is 17.1 Å². The van der Waals surface area contributed by atoms with Crippen LogP contribution in [0.3, 0.4) is 0 Å². The highest BCUT2D eigenvalue weighted by Crippen LogP contribution is 2.39. The fourth-order valence-corrected chi connectivity index (χ4v) is 6.97. The van der Waals surface area contributed by atoms with E-state index in [0.29, 0.717) is 22.5 Å². The number of sulfonamides is 1. The molecule has 2 saturated heterocycles. The largest absolute Gasteiger partial charge is 0.369 e. The lowest BCUT2D eigenvalue weighted by atomic mass is 10.00. The van der Waals surface area contributed by atoms with Gasteiger partial charge in [0, 0.05) is 54.8 Å². The zero-order chi connectivity index (χ0) is 28.4. The molecular formula is C31H36N6O3S. The molecule has 41 heavy (non-hydrogen) atoms. The third kappa shape index (κ3) is 6.01. The fraction of sp³-hybridized carbons (Fsp3) is 0.323. The van der Waals surface area contributed by atoms with Crippen molar-refractivity contribution < 1.29 is 13.2 Å². The minimum atomic E-state index is -3.76. The molecule has 0 bridgehead atoms. The number of carbonyl (C=O) groups excluding carboxylic acids is 1. The average molecular weight is 573 g/mol. The van der Waals surface area contributed by atoms with Crippen molar-refractivity contribution >= 4 is 44.3 Å². The molecule has 214 valence electrons. The maximum Gasteiger partial charge on any atom is 0.258 e. The summed E-state index contributed by atoms with van der Waals surface area (Å²) in [6.45, 7) is 5.60. The number of anilines is 3. The number of likely N-dealkylation sites (N-methyl/N-ethyl adjacent to an activating group) is 1. The first-order valence-corrected chi connectivity index (χ1v) is 15.6. The van der Waals surface area contributed by atoms with Gasteiger partial charge in [0.25, 0.3) is 5.91 Å². The van der Waals surface area contributed by atoms with Gasteiger partial charge in [-0.15, -0.1) is 0 Å². The lowest BCUT2D eigenvalue weighted by molar-refractivity contribution is -0.110. The van der Waals surface area contributed by atoms with Gasteiger partial charge in [-0.3, -0.25) is 4.79 Å². The van der Waals surface area contributed by atoms with Gasteiger partial charge in [-0.25, -0.2) is 13.1 Å². The molecule has 0 radical (unpaired) electrons. The van der Waals surface area contributed by atoms with Gasteiger partial charge in [0.2, 0.25) is 10.0 Å². The summed E-state index contributed by atoms with van der Waals surface area (Å²) >= 11 is 0. The molecule has 10 heteroatoms. The summed E-state index contributed by atoms with van der Waals surface area (Å²) in [5, 5.41) is 9.67. The van der Waals surface area contributed by atoms with E-state index in [0.717, 1.165) is 69.0 Å². The molecule has 0 aromatic heterocycles. The molecule has 3 heterocycles. The third-order valence-electron chi connectivity index (χ3n) is 8.02. The van der Waals surface area contributed by atoms with Crippen LogP contribution < -0.4 is 25.6 Å². The van der Waals surface area contributed by atoms with Gasteiger partial charge in [-0.1, -0.05) is 30.3 Å². The molecule has 0 aliphatic carbocycles. The summed E-state index contributed by atoms with van der Waals surface area (Å²) in [5.74, 6) is -0.277. The number of hydrogen-bond acceptors (Lipinski definition) is 7. The van der Waals surface area contributed by atoms with Crippen LogP contribution in [-0.2, 0) is 14.8 Å². The molecular weight excluding hydrogens is 536 g/mol. The second kappa shape index (κ2) is 11.7. The van der Waals surface area contributed by atoms with Gasteiger partial charge in [0.1, 0.15) is 0 Å². The van der Waals surface area contributed by atoms with Gasteiger partial charge in [0.05, 0.1) is 16.2 Å². The quantitative estimate of drug-likeness (QED) is 0.322. The summed E-state index contributed by atoms with van der Waals surface area (Å²) in [5.41, 5.74) is 5.01. The van der Waals surface area contributed by atoms with E-state index in [1.54, 1.807) is 18.2 Å². The molecule has 0 unspecified atom stereocenters. The molecule has 6 rings (SSSR count). The molecule has 3 aliphatic heterocycles. The molecule has 2 fully saturated rings. The predicted octanol–water partition coefficient (Wildman–Crippen LogP) is 3.40. The monoisotopic (exact) mass is 572 g/mol. The topological polar surface area (TPSA) is 106 Å². The number of piperidine rings is 1. The Morgan fingerprint density at radius 3 is 2.32 bits per heavy atom. The second-order valence-corrected chi connectivity index (χ2v) is 12.6. The lowest BCUT2D eigenvalue weighted by Crippen LogP contribution is -2.44. The fourth-order valence-electron chi connectivity index (χ4n) is 5.64. The highest BCUT2D eigenvalue weighted by atomic mass is 32.2. The van der Waals surface area contributed by atoms with Crippen molar-refractivity contribution in [2.45, 2.75) is 23.8 Å². The number of fused-ring (bicyclic) bond motifs is 1. The van der Waals surface area contributed by atoms with Crippen molar-refractivity contribution in [1.82, 2.24) is 14.9 Å². The maximum atomic E-state index is 13.4. The minimum absolute atomic E-state index is 0.111. The van der Waals surface area contributed by atoms with E-state index in [9.17, 15) is 13.2 Å². The minimum Gasteiger partial charge on any atom is -0.369 e. The molecule has 4 N–H and O–H groups in total. The highest BCUT2D eigenvalue weighted by Gasteiger charge is 2.31. The van der Waals surface area contributed by atoms with Crippen molar-refractivity contribution in [3.63, 3.8) is 0 Å². The Labute approximate surface area is 241 Å². The Bertz CT molecular complexity index is 1540. The Morgan fingerprint density at radius 1 is 0.902 bits per heavy atom. The number of piperazine rings is 1. The van der Waals surface area contributed by atoms with E-state index in [2.05, 4.69) is 49.7 Å². The first-order chi connectivity index (χ1) is 19.9. The summed E-state index contributed by atoms with van der Waals surface area (Å²) in [7, 11) is -1.62. The predicted molar refractivity (Wildman–Crippen MR) is 164 cm³/mol. The SMILES string of the molecule is CN1CCN(c2ccc(N/C(=C3\C(=O)Nc4ccc(S(=O)(=O)NC5CCNCC5)cc43)c3ccccc3)cc2)CC1. The van der Waals surface area contributed by atoms with Crippen molar-refractivity contribution in [3.8, 4) is 0 Å². The van der Waals surface area contributed by atoms with Crippen molar-refractivity contribution in [2.24, 2.45) is 0 Å². The van der Waals surface area contributed by atoms with Gasteiger partial charge in [-0.2, -0.15) is 0 Å². The van der Waals surface area contributed by atoms with Crippen LogP contribution in [0.2, 0.25) is 0 Å². The molecule has 3 aromatic carbocycles. The summed E-state index contributed by atoms with van der Waals surface area (Å²) in [4.78, 5) is 18.3. The molecule has 0 saturated carbocycles. The first-order valence-electron chi connectivity index (χ1n) is 14.2. The molecule has 3 aromatic rings. The van der Waals surface area contributed by atoms with Crippen LogP contribution in [0.1, 0.15) is 24.0 Å². The number of benzene rings is 3. The smallest absolute Gasteiger partial charge is 0.258 e. The van der Waals surface area contributed by atoms with Crippen molar-refractivity contribution in [3.05, 3.63) is 83.9 Å². The Hall–Kier alpha value is -3.70. The second-order valence-electron chi connectivity index (χ2n) is 10.9. The first kappa shape index (κ1) is 27.5. The lowest BCUT2D eigenvalue weighted by Gasteiger charge is -2.34. The van der Waals surface area contributed by atoms with E-state index in [1.807, 2.05) is 42.5 Å². The summed E-state index contributed by atoms with van der Waals surface area (Å²) < 4.78 is 29.5. The number of rotatable bonds is 7. The van der Waals surface area contributed by atoms with Crippen LogP contribution in [0.5, 0.6) is 0 Å². The van der Waals surface area contributed by atoms with Gasteiger partial charge >= 0.3 is 0 Å². The van der Waals surface area contributed by atoms with Crippen LogP contribution in [-0.4, -0.2) is 71.6 Å². The maximum absolute atomic E-state index is 13.4. The zero-order valence-electron chi connectivity index (χ0n) is 23.2. The number of amides is 1. The highest BCUT2D eigenvalue weighted by molar-refractivity contribution is 7.89. The van der Waals surface area contributed by atoms with E-state index in [4.69, 9.17) is 0 Å². The number of nitrogens with zero attached hydrogens (tertiary/aromatic N) is 2. The Kier molecular flexibility index (Phi) is 7.81. The standard InChI is InChI=1S/C31H36N6O3S/c1-36-17-19-37(20-18-36)25-9-7-23(8-10-25)33-30(22-5-3-2-4-6-22)29-27-21-26(11-12-28(27)34-31(29)38)41(39,40)35-24-13-15-32-16-14-24/h2-12,21,24,32-33,35H,13-20H2,1H3,(H,34,38)/b30-29-. The normalized spacial score (nSPS) is 19.5. The Balaban J connectivity index is 1.34. The molecule has 9 nitrogen and oxygen atoms in total. The van der Waals surface area contributed by atoms with Gasteiger partial charge in [0.15, 0.2) is 0 Å². The number of nitrogens with one attached hydrogen (secondary N) is 4. The van der Waals surface area contributed by atoms with Crippen LogP contribution in [0, 0.1) is 0 Å². The number of carbonyl (C=O) groups is 1. The summed E-state index contributed by atoms with van der Waals surface area (Å²) in [6, 6.07) is 22.6. The van der Waals surface area contributed by atoms with E-state index >= 15 is 0 Å². The van der Waals surface area contributed by atoms with E-state index < -0.39 is 10.0 Å². The van der Waals surface area contributed by atoms with E-state index in [-0.39, 0.29) is 16.8 Å². The number of hydrogen-bond donors (Lipinski definition) is 4. The van der Waals surface area contributed by atoms with Gasteiger partial charge in [-0.05, 0) is 81.0 Å². The van der Waals surface area contributed by atoms with Crippen molar-refractivity contribution in [2.75, 3.05) is 61.8 Å². The molecule has 1 amide bonds. The average Bonchev–Trinajstić information content (AvgIpc) is 3.32. The molecule has 3 aliphatic rings. The van der Waals surface area contributed by atoms with Crippen LogP contribution in [0.15, 0.2) is 77.7 Å². The van der Waals surface area contributed by atoms with Crippen LogP contribution in [0.25, 0.3) is 11.3 Å². The Morgan fingerprint density at radius 2 is 1.61 bits per heavy atom. The van der Waals surface area contributed by atoms with Crippen LogP contribution >= 0.6 is 0 Å². The zero-order valence-corrected chi connectivity index (χ0v) is 24.0. The van der Waals surface area contributed by atoms with Gasteiger partial charge < -0.3 is 25.8 Å². The molecule has 0 spiro atoms. The summed E-state index contributed by atoms with van der Waals surface area (Å²) in [6.07, 6.45) is 1.48. The third-order valence-corrected chi connectivity index (χ3v) is 9.54. The molecule has 0 atom stereocenters.